The summed E-state index contributed by atoms with van der Waals surface area (Å²) in [5.41, 5.74) is 0.664. The lowest BCUT2D eigenvalue weighted by atomic mass is 10.1. The summed E-state index contributed by atoms with van der Waals surface area (Å²) >= 11 is 0. The third-order valence-corrected chi connectivity index (χ3v) is 3.52. The summed E-state index contributed by atoms with van der Waals surface area (Å²) in [5.74, 6) is 0.829. The van der Waals surface area contributed by atoms with Crippen molar-refractivity contribution in [1.82, 2.24) is 10.2 Å². The van der Waals surface area contributed by atoms with Crippen molar-refractivity contribution in [1.29, 1.82) is 5.26 Å². The third kappa shape index (κ3) is 3.95. The highest BCUT2D eigenvalue weighted by Crippen LogP contribution is 2.12. The summed E-state index contributed by atoms with van der Waals surface area (Å²) in [4.78, 5) is 2.45. The van der Waals surface area contributed by atoms with E-state index >= 15 is 0 Å². The van der Waals surface area contributed by atoms with Crippen LogP contribution < -0.4 is 10.1 Å². The molecule has 1 aliphatic rings. The molecule has 4 heteroatoms. The molecule has 1 N–H and O–H groups in total. The van der Waals surface area contributed by atoms with Crippen LogP contribution in [0.3, 0.4) is 0 Å². The van der Waals surface area contributed by atoms with E-state index in [0.717, 1.165) is 25.4 Å². The maximum absolute atomic E-state index is 8.73. The number of ether oxygens (including phenoxy) is 1. The summed E-state index contributed by atoms with van der Waals surface area (Å²) in [6.45, 7) is 8.17. The number of nitriles is 1. The van der Waals surface area contributed by atoms with E-state index in [0.29, 0.717) is 24.3 Å². The number of nitrogens with zero attached hydrogens (tertiary/aromatic N) is 2. The van der Waals surface area contributed by atoms with Gasteiger partial charge in [-0.2, -0.15) is 5.26 Å². The normalized spacial score (nSPS) is 23.8. The van der Waals surface area contributed by atoms with Gasteiger partial charge in [-0.1, -0.05) is 0 Å². The van der Waals surface area contributed by atoms with Crippen molar-refractivity contribution in [2.24, 2.45) is 0 Å². The standard InChI is InChI=1S/C15H21N3O/c1-12-11-18(13(2)10-17-12)7-8-19-15-5-3-14(9-16)4-6-15/h3-6,12-13,17H,7-8,10-11H2,1-2H3. The average Bonchev–Trinajstić information content (AvgIpc) is 2.43. The molecule has 4 nitrogen and oxygen atoms in total. The Morgan fingerprint density at radius 2 is 2.11 bits per heavy atom. The lowest BCUT2D eigenvalue weighted by Gasteiger charge is -2.37. The van der Waals surface area contributed by atoms with E-state index in [1.165, 1.54) is 0 Å². The Balaban J connectivity index is 1.77. The van der Waals surface area contributed by atoms with Gasteiger partial charge in [-0.05, 0) is 38.1 Å². The summed E-state index contributed by atoms with van der Waals surface area (Å²) < 4.78 is 5.72. The van der Waals surface area contributed by atoms with Gasteiger partial charge < -0.3 is 10.1 Å². The molecule has 0 bridgehead atoms. The molecule has 1 aromatic carbocycles. The number of hydrogen-bond acceptors (Lipinski definition) is 4. The smallest absolute Gasteiger partial charge is 0.119 e. The molecule has 1 heterocycles. The van der Waals surface area contributed by atoms with Gasteiger partial charge in [0.1, 0.15) is 12.4 Å². The van der Waals surface area contributed by atoms with Gasteiger partial charge >= 0.3 is 0 Å². The Bertz CT molecular complexity index is 438. The molecule has 102 valence electrons. The van der Waals surface area contributed by atoms with Crippen molar-refractivity contribution < 1.29 is 4.74 Å². The molecule has 1 saturated heterocycles. The number of benzene rings is 1. The molecule has 2 unspecified atom stereocenters. The summed E-state index contributed by atoms with van der Waals surface area (Å²) in [6.07, 6.45) is 0. The molecule has 0 saturated carbocycles. The molecule has 19 heavy (non-hydrogen) atoms. The van der Waals surface area contributed by atoms with E-state index in [9.17, 15) is 0 Å². The van der Waals surface area contributed by atoms with Crippen LogP contribution in [0.2, 0.25) is 0 Å². The average molecular weight is 259 g/mol. The van der Waals surface area contributed by atoms with E-state index in [-0.39, 0.29) is 0 Å². The second-order valence-electron chi connectivity index (χ2n) is 5.14. The fourth-order valence-electron chi connectivity index (χ4n) is 2.32. The fraction of sp³-hybridized carbons (Fsp3) is 0.533. The zero-order chi connectivity index (χ0) is 13.7. The van der Waals surface area contributed by atoms with E-state index in [4.69, 9.17) is 10.00 Å². The van der Waals surface area contributed by atoms with Crippen LogP contribution in [0.1, 0.15) is 19.4 Å². The summed E-state index contributed by atoms with van der Waals surface area (Å²) in [5, 5.41) is 12.2. The first kappa shape index (κ1) is 13.9. The monoisotopic (exact) mass is 259 g/mol. The first-order valence-electron chi connectivity index (χ1n) is 6.79. The van der Waals surface area contributed by atoms with E-state index in [2.05, 4.69) is 30.1 Å². The molecule has 0 aliphatic carbocycles. The molecule has 1 fully saturated rings. The molecular weight excluding hydrogens is 238 g/mol. The second-order valence-corrected chi connectivity index (χ2v) is 5.14. The van der Waals surface area contributed by atoms with E-state index in [1.54, 1.807) is 12.1 Å². The molecule has 2 atom stereocenters. The highest BCUT2D eigenvalue weighted by atomic mass is 16.5. The van der Waals surface area contributed by atoms with Gasteiger partial charge in [0.25, 0.3) is 0 Å². The van der Waals surface area contributed by atoms with Crippen LogP contribution >= 0.6 is 0 Å². The van der Waals surface area contributed by atoms with Crippen LogP contribution in [-0.2, 0) is 0 Å². The molecule has 1 aliphatic heterocycles. The predicted molar refractivity (Wildman–Crippen MR) is 75.2 cm³/mol. The van der Waals surface area contributed by atoms with Gasteiger partial charge in [-0.3, -0.25) is 4.90 Å². The lowest BCUT2D eigenvalue weighted by Crippen LogP contribution is -2.55. The van der Waals surface area contributed by atoms with Gasteiger partial charge in [-0.15, -0.1) is 0 Å². The van der Waals surface area contributed by atoms with Crippen LogP contribution in [0.15, 0.2) is 24.3 Å². The summed E-state index contributed by atoms with van der Waals surface area (Å²) in [6, 6.07) is 10.5. The molecule has 0 amide bonds. The van der Waals surface area contributed by atoms with Gasteiger partial charge in [0.05, 0.1) is 11.6 Å². The topological polar surface area (TPSA) is 48.3 Å². The van der Waals surface area contributed by atoms with Crippen LogP contribution in [0, 0.1) is 11.3 Å². The quantitative estimate of drug-likeness (QED) is 0.892. The van der Waals surface area contributed by atoms with Crippen molar-refractivity contribution in [3.8, 4) is 11.8 Å². The van der Waals surface area contributed by atoms with Crippen molar-refractivity contribution >= 4 is 0 Å². The van der Waals surface area contributed by atoms with Gasteiger partial charge in [-0.25, -0.2) is 0 Å². The Morgan fingerprint density at radius 1 is 1.37 bits per heavy atom. The molecule has 1 aromatic rings. The van der Waals surface area contributed by atoms with Crippen LogP contribution in [-0.4, -0.2) is 43.2 Å². The zero-order valence-corrected chi connectivity index (χ0v) is 11.6. The summed E-state index contributed by atoms with van der Waals surface area (Å²) in [7, 11) is 0. The Kier molecular flexibility index (Phi) is 4.78. The molecule has 0 radical (unpaired) electrons. The zero-order valence-electron chi connectivity index (χ0n) is 11.6. The van der Waals surface area contributed by atoms with Gasteiger partial charge in [0.15, 0.2) is 0 Å². The first-order chi connectivity index (χ1) is 9.19. The molecular formula is C15H21N3O. The third-order valence-electron chi connectivity index (χ3n) is 3.52. The highest BCUT2D eigenvalue weighted by molar-refractivity contribution is 5.34. The molecule has 0 spiro atoms. The Labute approximate surface area is 115 Å². The Morgan fingerprint density at radius 3 is 2.79 bits per heavy atom. The molecule has 2 rings (SSSR count). The maximum atomic E-state index is 8.73. The fourth-order valence-corrected chi connectivity index (χ4v) is 2.32. The number of piperazine rings is 1. The predicted octanol–water partition coefficient (Wildman–Crippen LogP) is 1.62. The van der Waals surface area contributed by atoms with Crippen molar-refractivity contribution in [3.05, 3.63) is 29.8 Å². The van der Waals surface area contributed by atoms with Crippen molar-refractivity contribution in [2.75, 3.05) is 26.2 Å². The minimum Gasteiger partial charge on any atom is -0.492 e. The first-order valence-corrected chi connectivity index (χ1v) is 6.79. The minimum atomic E-state index is 0.547. The van der Waals surface area contributed by atoms with Crippen LogP contribution in [0.4, 0.5) is 0 Å². The minimum absolute atomic E-state index is 0.547. The highest BCUT2D eigenvalue weighted by Gasteiger charge is 2.21. The SMILES string of the molecule is CC1CN(CCOc2ccc(C#N)cc2)C(C)CN1. The number of nitrogens with one attached hydrogen (secondary N) is 1. The van der Waals surface area contributed by atoms with Gasteiger partial charge in [0.2, 0.25) is 0 Å². The van der Waals surface area contributed by atoms with Crippen molar-refractivity contribution in [3.63, 3.8) is 0 Å². The maximum Gasteiger partial charge on any atom is 0.119 e. The van der Waals surface area contributed by atoms with Crippen molar-refractivity contribution in [2.45, 2.75) is 25.9 Å². The van der Waals surface area contributed by atoms with E-state index < -0.39 is 0 Å². The Hall–Kier alpha value is -1.57. The largest absolute Gasteiger partial charge is 0.492 e. The second kappa shape index (κ2) is 6.55. The van der Waals surface area contributed by atoms with Gasteiger partial charge in [0, 0.05) is 31.7 Å². The molecule has 0 aromatic heterocycles. The van der Waals surface area contributed by atoms with Crippen LogP contribution in [0.5, 0.6) is 5.75 Å². The van der Waals surface area contributed by atoms with Crippen LogP contribution in [0.25, 0.3) is 0 Å². The number of hydrogen-bond donors (Lipinski definition) is 1. The number of rotatable bonds is 4. The van der Waals surface area contributed by atoms with E-state index in [1.807, 2.05) is 12.1 Å². The lowest BCUT2D eigenvalue weighted by molar-refractivity contribution is 0.123.